The average Bonchev–Trinajstić information content (AvgIpc) is 2.78. The monoisotopic (exact) mass is 512 g/mol. The number of alkyl halides is 4. The molecule has 1 aromatic heterocycles. The lowest BCUT2D eigenvalue weighted by molar-refractivity contribution is -0.247. The minimum atomic E-state index is -4.28. The first-order valence-electron chi connectivity index (χ1n) is 11.4. The maximum Gasteiger partial charge on any atom is 0.388 e. The van der Waals surface area contributed by atoms with Crippen molar-refractivity contribution >= 4 is 17.6 Å². The third-order valence-corrected chi connectivity index (χ3v) is 6.29. The quantitative estimate of drug-likeness (QED) is 0.373. The number of nitrogens with zero attached hydrogens (tertiary/aromatic N) is 1. The Balaban J connectivity index is 2.06. The zero-order valence-corrected chi connectivity index (χ0v) is 20.3. The second kappa shape index (κ2) is 10.0. The third kappa shape index (κ3) is 4.88. The number of hydrogen-bond acceptors (Lipinski definition) is 6. The number of aromatic nitrogens is 1. The zero-order chi connectivity index (χ0) is 26.9. The van der Waals surface area contributed by atoms with Gasteiger partial charge in [-0.05, 0) is 43.0 Å². The molecule has 1 heterocycles. The van der Waals surface area contributed by atoms with Gasteiger partial charge in [-0.15, -0.1) is 0 Å². The lowest BCUT2D eigenvalue weighted by Gasteiger charge is -2.54. The van der Waals surface area contributed by atoms with E-state index in [2.05, 4.69) is 19.8 Å². The minimum absolute atomic E-state index is 0.121. The lowest BCUT2D eigenvalue weighted by atomic mass is 9.52. The Hall–Kier alpha value is -3.21. The third-order valence-electron chi connectivity index (χ3n) is 6.29. The van der Waals surface area contributed by atoms with Crippen molar-refractivity contribution in [2.24, 2.45) is 0 Å². The summed E-state index contributed by atoms with van der Waals surface area (Å²) in [5.41, 5.74) is -3.39. The van der Waals surface area contributed by atoms with Crippen LogP contribution in [-0.4, -0.2) is 46.7 Å². The smallest absolute Gasteiger partial charge is 0.388 e. The number of pyridine rings is 1. The number of nitrogens with one attached hydrogen (secondary N) is 1. The van der Waals surface area contributed by atoms with Crippen molar-refractivity contribution in [1.29, 1.82) is 0 Å². The highest BCUT2D eigenvalue weighted by Crippen LogP contribution is 2.58. The van der Waals surface area contributed by atoms with Crippen molar-refractivity contribution in [1.82, 2.24) is 4.98 Å². The van der Waals surface area contributed by atoms with E-state index in [-0.39, 0.29) is 18.2 Å². The van der Waals surface area contributed by atoms with Gasteiger partial charge in [0.2, 0.25) is 11.8 Å². The molecule has 1 fully saturated rings. The fraction of sp³-hybridized carbons (Fsp3) is 0.480. The molecule has 0 radical (unpaired) electrons. The van der Waals surface area contributed by atoms with Crippen LogP contribution in [0.2, 0.25) is 0 Å². The average molecular weight is 513 g/mol. The number of aryl methyl sites for hydroxylation is 1. The highest BCUT2D eigenvalue weighted by molar-refractivity contribution is 6.02. The number of esters is 1. The van der Waals surface area contributed by atoms with Gasteiger partial charge in [-0.2, -0.15) is 17.6 Å². The first kappa shape index (κ1) is 27.4. The fourth-order valence-corrected chi connectivity index (χ4v) is 4.53. The first-order valence-corrected chi connectivity index (χ1v) is 11.4. The molecule has 0 unspecified atom stereocenters. The summed E-state index contributed by atoms with van der Waals surface area (Å²) in [5, 5.41) is 13.3. The van der Waals surface area contributed by atoms with Gasteiger partial charge in [0.05, 0.1) is 12.0 Å². The molecule has 0 spiro atoms. The Morgan fingerprint density at radius 3 is 2.39 bits per heavy atom. The highest BCUT2D eigenvalue weighted by atomic mass is 19.3. The molecule has 3 rings (SSSR count). The molecule has 2 aromatic rings. The van der Waals surface area contributed by atoms with Crippen LogP contribution in [-0.2, 0) is 19.7 Å². The molecule has 0 saturated heterocycles. The molecular formula is C25H28F4N2O5. The number of halogens is 4. The zero-order valence-electron chi connectivity index (χ0n) is 20.3. The molecule has 0 bridgehead atoms. The number of carbonyl (C=O) groups excluding carboxylic acids is 2. The Kier molecular flexibility index (Phi) is 7.64. The molecule has 2 N–H and O–H groups in total. The predicted molar refractivity (Wildman–Crippen MR) is 122 cm³/mol. The molecule has 0 aliphatic heterocycles. The van der Waals surface area contributed by atoms with Crippen molar-refractivity contribution in [2.75, 3.05) is 11.9 Å². The number of benzene rings is 1. The number of aliphatic hydroxyl groups is 1. The van der Waals surface area contributed by atoms with Gasteiger partial charge in [-0.3, -0.25) is 4.79 Å². The Morgan fingerprint density at radius 1 is 1.17 bits per heavy atom. The molecule has 7 nitrogen and oxygen atoms in total. The second-order valence-corrected chi connectivity index (χ2v) is 9.14. The van der Waals surface area contributed by atoms with E-state index >= 15 is 0 Å². The van der Waals surface area contributed by atoms with Gasteiger partial charge < -0.3 is 19.9 Å². The standard InChI is InChI=1S/C25H28F4N2O5/c1-5-35-21(33)25(28,29)24(34)12-23(13-24,17-9-7-6-8-16(17)14(2)3)20(32)31-18-11-10-15(4)30-19(18)36-22(26)27/h6-11,14,22,34H,5,12-13H2,1-4H3,(H,31,32). The van der Waals surface area contributed by atoms with Crippen LogP contribution in [0, 0.1) is 6.92 Å². The van der Waals surface area contributed by atoms with Gasteiger partial charge >= 0.3 is 18.5 Å². The Labute approximate surface area is 205 Å². The molecule has 196 valence electrons. The number of anilines is 1. The normalized spacial score (nSPS) is 21.8. The van der Waals surface area contributed by atoms with E-state index in [4.69, 9.17) is 0 Å². The Morgan fingerprint density at radius 2 is 1.81 bits per heavy atom. The van der Waals surface area contributed by atoms with Gasteiger partial charge in [0.25, 0.3) is 0 Å². The van der Waals surface area contributed by atoms with E-state index in [1.165, 1.54) is 26.0 Å². The number of hydrogen-bond donors (Lipinski definition) is 2. The Bertz CT molecular complexity index is 1130. The fourth-order valence-electron chi connectivity index (χ4n) is 4.53. The summed E-state index contributed by atoms with van der Waals surface area (Å²) >= 11 is 0. The van der Waals surface area contributed by atoms with E-state index < -0.39 is 54.1 Å². The van der Waals surface area contributed by atoms with E-state index in [1.807, 2.05) is 13.8 Å². The van der Waals surface area contributed by atoms with Crippen molar-refractivity contribution in [3.05, 3.63) is 53.2 Å². The number of amides is 1. The van der Waals surface area contributed by atoms with Crippen molar-refractivity contribution in [2.45, 2.75) is 70.0 Å². The maximum absolute atomic E-state index is 14.9. The van der Waals surface area contributed by atoms with Crippen molar-refractivity contribution in [3.8, 4) is 5.88 Å². The van der Waals surface area contributed by atoms with Crippen LogP contribution in [0.25, 0.3) is 0 Å². The summed E-state index contributed by atoms with van der Waals surface area (Å²) in [6.45, 7) is 3.04. The molecule has 11 heteroatoms. The van der Waals surface area contributed by atoms with E-state index in [9.17, 15) is 32.3 Å². The van der Waals surface area contributed by atoms with Gasteiger partial charge in [0, 0.05) is 18.5 Å². The minimum Gasteiger partial charge on any atom is -0.461 e. The summed E-state index contributed by atoms with van der Waals surface area (Å²) in [6, 6.07) is 9.42. The summed E-state index contributed by atoms with van der Waals surface area (Å²) < 4.78 is 64.6. The summed E-state index contributed by atoms with van der Waals surface area (Å²) in [7, 11) is 0. The molecular weight excluding hydrogens is 484 g/mol. The summed E-state index contributed by atoms with van der Waals surface area (Å²) in [4.78, 5) is 29.5. The molecule has 1 aliphatic carbocycles. The van der Waals surface area contributed by atoms with Crippen LogP contribution in [0.15, 0.2) is 36.4 Å². The molecule has 1 aliphatic rings. The van der Waals surface area contributed by atoms with Gasteiger partial charge in [0.1, 0.15) is 11.3 Å². The van der Waals surface area contributed by atoms with Crippen LogP contribution in [0.1, 0.15) is 56.4 Å². The van der Waals surface area contributed by atoms with E-state index in [0.717, 1.165) is 0 Å². The first-order chi connectivity index (χ1) is 16.8. The molecule has 36 heavy (non-hydrogen) atoms. The maximum atomic E-state index is 14.9. The van der Waals surface area contributed by atoms with E-state index in [0.29, 0.717) is 16.8 Å². The largest absolute Gasteiger partial charge is 0.461 e. The number of carbonyl (C=O) groups is 2. The van der Waals surface area contributed by atoms with E-state index in [1.54, 1.807) is 24.3 Å². The summed E-state index contributed by atoms with van der Waals surface area (Å²) in [6.07, 6.45) is -1.63. The predicted octanol–water partition coefficient (Wildman–Crippen LogP) is 4.71. The second-order valence-electron chi connectivity index (χ2n) is 9.14. The van der Waals surface area contributed by atoms with Crippen LogP contribution in [0.5, 0.6) is 5.88 Å². The van der Waals surface area contributed by atoms with Crippen LogP contribution in [0.4, 0.5) is 23.2 Å². The molecule has 0 atom stereocenters. The van der Waals surface area contributed by atoms with Gasteiger partial charge in [0.15, 0.2) is 0 Å². The number of rotatable bonds is 9. The number of ether oxygens (including phenoxy) is 2. The lowest BCUT2D eigenvalue weighted by Crippen LogP contribution is -2.69. The van der Waals surface area contributed by atoms with Gasteiger partial charge in [-0.25, -0.2) is 9.78 Å². The van der Waals surface area contributed by atoms with Crippen molar-refractivity contribution < 1.29 is 41.7 Å². The van der Waals surface area contributed by atoms with Crippen LogP contribution in [0.3, 0.4) is 0 Å². The van der Waals surface area contributed by atoms with Crippen LogP contribution < -0.4 is 10.1 Å². The van der Waals surface area contributed by atoms with Gasteiger partial charge in [-0.1, -0.05) is 38.1 Å². The molecule has 1 amide bonds. The molecule has 1 saturated carbocycles. The molecule has 1 aromatic carbocycles. The SMILES string of the molecule is CCOC(=O)C(F)(F)C1(O)CC(C(=O)Nc2ccc(C)nc2OC(F)F)(c2ccccc2C(C)C)C1. The van der Waals surface area contributed by atoms with Crippen molar-refractivity contribution in [3.63, 3.8) is 0 Å². The topological polar surface area (TPSA) is 97.8 Å². The highest BCUT2D eigenvalue weighted by Gasteiger charge is 2.72. The summed E-state index contributed by atoms with van der Waals surface area (Å²) in [5.74, 6) is -7.69. The van der Waals surface area contributed by atoms with Crippen LogP contribution >= 0.6 is 0 Å².